The van der Waals surface area contributed by atoms with Crippen molar-refractivity contribution in [3.8, 4) is 0 Å². The van der Waals surface area contributed by atoms with E-state index in [-0.39, 0.29) is 23.2 Å². The van der Waals surface area contributed by atoms with Crippen LogP contribution in [0.15, 0.2) is 95.1 Å². The van der Waals surface area contributed by atoms with Crippen LogP contribution in [0.25, 0.3) is 6.08 Å². The zero-order valence-corrected chi connectivity index (χ0v) is 25.5. The molecule has 0 fully saturated rings. The number of hydrogen-bond acceptors (Lipinski definition) is 7. The van der Waals surface area contributed by atoms with Crippen LogP contribution in [0, 0.1) is 12.8 Å². The van der Waals surface area contributed by atoms with Gasteiger partial charge in [-0.1, -0.05) is 59.3 Å². The molecule has 3 aromatic carbocycles. The normalized spacial score (nSPS) is 16.4. The fraction of sp³-hybridized carbons (Fsp3) is 0.235. The minimum absolute atomic E-state index is 0.0571. The number of carbonyl (C=O) groups excluding carboxylic acids is 3. The number of benzene rings is 3. The number of oxime groups is 1. The van der Waals surface area contributed by atoms with E-state index >= 15 is 0 Å². The molecular weight excluding hydrogens is 568 g/mol. The maximum Gasteiger partial charge on any atom is 0.331 e. The van der Waals surface area contributed by atoms with E-state index in [1.807, 2.05) is 92.9 Å². The monoisotopic (exact) mass is 600 g/mol. The molecule has 0 spiro atoms. The number of hydrogen-bond donors (Lipinski definition) is 0. The van der Waals surface area contributed by atoms with Crippen LogP contribution < -0.4 is 4.90 Å². The second-order valence-electron chi connectivity index (χ2n) is 9.83. The van der Waals surface area contributed by atoms with E-state index < -0.39 is 5.97 Å². The van der Waals surface area contributed by atoms with Gasteiger partial charge in [0.15, 0.2) is 5.78 Å². The summed E-state index contributed by atoms with van der Waals surface area (Å²) in [4.78, 5) is 46.6. The Balaban J connectivity index is 1.61. The van der Waals surface area contributed by atoms with Crippen molar-refractivity contribution in [3.63, 3.8) is 0 Å². The van der Waals surface area contributed by atoms with E-state index in [0.29, 0.717) is 41.3 Å². The second kappa shape index (κ2) is 14.8. The van der Waals surface area contributed by atoms with Crippen LogP contribution in [0.2, 0.25) is 5.02 Å². The highest BCUT2D eigenvalue weighted by atomic mass is 35.5. The number of ketones is 2. The van der Waals surface area contributed by atoms with Crippen LogP contribution in [0.4, 0.5) is 5.69 Å². The van der Waals surface area contributed by atoms with Crippen molar-refractivity contribution in [1.82, 2.24) is 0 Å². The summed E-state index contributed by atoms with van der Waals surface area (Å²) in [6.45, 7) is 5.95. The fourth-order valence-corrected chi connectivity index (χ4v) is 5.59. The van der Waals surface area contributed by atoms with E-state index in [2.05, 4.69) is 10.1 Å². The second-order valence-corrected chi connectivity index (χ2v) is 11.4. The lowest BCUT2D eigenvalue weighted by molar-refractivity contribution is -0.140. The lowest BCUT2D eigenvalue weighted by Gasteiger charge is -2.21. The summed E-state index contributed by atoms with van der Waals surface area (Å²) in [5, 5.41) is 4.56. The molecule has 1 heterocycles. The third kappa shape index (κ3) is 8.08. The molecule has 6 nitrogen and oxygen atoms in total. The third-order valence-corrected chi connectivity index (χ3v) is 8.10. The van der Waals surface area contributed by atoms with Crippen molar-refractivity contribution in [2.75, 3.05) is 17.2 Å². The lowest BCUT2D eigenvalue weighted by Crippen LogP contribution is -2.19. The summed E-state index contributed by atoms with van der Waals surface area (Å²) in [7, 11) is 0. The van der Waals surface area contributed by atoms with Gasteiger partial charge in [0, 0.05) is 64.5 Å². The number of aryl methyl sites for hydroxylation is 1. The Morgan fingerprint density at radius 1 is 1.07 bits per heavy atom. The fourth-order valence-electron chi connectivity index (χ4n) is 4.61. The Kier molecular flexibility index (Phi) is 10.9. The number of anilines is 1. The van der Waals surface area contributed by atoms with Crippen molar-refractivity contribution in [1.29, 1.82) is 0 Å². The molecular formula is C34H33ClN2O4S. The first-order valence-corrected chi connectivity index (χ1v) is 15.2. The van der Waals surface area contributed by atoms with Crippen LogP contribution in [-0.2, 0) is 9.63 Å². The third-order valence-electron chi connectivity index (χ3n) is 6.84. The van der Waals surface area contributed by atoms with E-state index in [9.17, 15) is 14.4 Å². The van der Waals surface area contributed by atoms with Gasteiger partial charge in [-0.15, -0.1) is 11.8 Å². The standard InChI is InChI=1S/C34H33ClN2O4S/c1-4-37-20-7-9-25(33(39)30-10-6-5-8-23(30)2)11-12-26-22-27(13-18-32(26)37)34(40)31(36-41-24(3)38)19-21-42-29-16-14-28(35)15-17-29/h5-8,10-18,20,22,25H,4,9,19,21H2,1-3H3/b12-11+,20-7+,36-31+. The molecule has 0 bridgehead atoms. The molecule has 0 saturated heterocycles. The molecule has 1 aliphatic rings. The molecule has 1 aliphatic heterocycles. The maximum absolute atomic E-state index is 13.6. The number of rotatable bonds is 10. The summed E-state index contributed by atoms with van der Waals surface area (Å²) in [5.41, 5.74) is 3.94. The predicted molar refractivity (Wildman–Crippen MR) is 172 cm³/mol. The number of fused-ring (bicyclic) bond motifs is 1. The van der Waals surface area contributed by atoms with Gasteiger partial charge >= 0.3 is 5.97 Å². The summed E-state index contributed by atoms with van der Waals surface area (Å²) >= 11 is 7.53. The average Bonchev–Trinajstić information content (AvgIpc) is 3.07. The van der Waals surface area contributed by atoms with Crippen molar-refractivity contribution >= 4 is 58.4 Å². The Bertz CT molecular complexity index is 1550. The highest BCUT2D eigenvalue weighted by Crippen LogP contribution is 2.29. The van der Waals surface area contributed by atoms with Gasteiger partial charge in [0.05, 0.1) is 0 Å². The topological polar surface area (TPSA) is 76.0 Å². The van der Waals surface area contributed by atoms with Gasteiger partial charge < -0.3 is 9.74 Å². The van der Waals surface area contributed by atoms with Crippen molar-refractivity contribution in [2.24, 2.45) is 11.1 Å². The Labute approximate surface area is 256 Å². The van der Waals surface area contributed by atoms with Gasteiger partial charge in [-0.3, -0.25) is 9.59 Å². The minimum atomic E-state index is -0.599. The Morgan fingerprint density at radius 2 is 1.83 bits per heavy atom. The number of thioether (sulfide) groups is 1. The van der Waals surface area contributed by atoms with Crippen LogP contribution in [0.3, 0.4) is 0 Å². The van der Waals surface area contributed by atoms with Crippen LogP contribution in [0.1, 0.15) is 58.5 Å². The molecule has 8 heteroatoms. The van der Waals surface area contributed by atoms with Crippen LogP contribution >= 0.6 is 23.4 Å². The van der Waals surface area contributed by atoms with E-state index in [4.69, 9.17) is 16.4 Å². The van der Waals surface area contributed by atoms with E-state index in [0.717, 1.165) is 21.7 Å². The first-order valence-electron chi connectivity index (χ1n) is 13.8. The van der Waals surface area contributed by atoms with Gasteiger partial charge in [-0.05, 0) is 73.9 Å². The molecule has 0 radical (unpaired) electrons. The first-order chi connectivity index (χ1) is 20.3. The number of allylic oxidation sites excluding steroid dienone is 2. The van der Waals surface area contributed by atoms with E-state index in [1.165, 1.54) is 6.92 Å². The highest BCUT2D eigenvalue weighted by molar-refractivity contribution is 7.99. The predicted octanol–water partition coefficient (Wildman–Crippen LogP) is 8.19. The molecule has 1 unspecified atom stereocenters. The first kappa shape index (κ1) is 31.0. The maximum atomic E-state index is 13.6. The molecule has 216 valence electrons. The quantitative estimate of drug-likeness (QED) is 0.0767. The summed E-state index contributed by atoms with van der Waals surface area (Å²) in [6, 6.07) is 20.5. The zero-order valence-electron chi connectivity index (χ0n) is 23.9. The summed E-state index contributed by atoms with van der Waals surface area (Å²) in [6.07, 6.45) is 8.70. The lowest BCUT2D eigenvalue weighted by atomic mass is 9.91. The molecule has 0 saturated carbocycles. The van der Waals surface area contributed by atoms with Gasteiger partial charge in [-0.25, -0.2) is 4.79 Å². The number of Topliss-reactive ketones (excluding diaryl/α,β-unsaturated/α-hetero) is 2. The van der Waals surface area contributed by atoms with Crippen molar-refractivity contribution < 1.29 is 19.2 Å². The molecule has 1 atom stereocenters. The molecule has 4 rings (SSSR count). The molecule has 0 aromatic heterocycles. The number of halogens is 1. The summed E-state index contributed by atoms with van der Waals surface area (Å²) < 4.78 is 0. The molecule has 3 aromatic rings. The summed E-state index contributed by atoms with van der Waals surface area (Å²) in [5.74, 6) is -0.665. The molecule has 0 N–H and O–H groups in total. The molecule has 42 heavy (non-hydrogen) atoms. The van der Waals surface area contributed by atoms with Crippen molar-refractivity contribution in [3.05, 3.63) is 112 Å². The van der Waals surface area contributed by atoms with Crippen LogP contribution in [-0.4, -0.2) is 35.5 Å². The SMILES string of the molecule is CCN1/C=C/CC(C(=O)c2ccccc2C)/C=C/c2cc(C(=O)/C(CCSc3ccc(Cl)cc3)=N/OC(C)=O)ccc21. The minimum Gasteiger partial charge on any atom is -0.348 e. The van der Waals surface area contributed by atoms with Gasteiger partial charge in [0.2, 0.25) is 5.78 Å². The van der Waals surface area contributed by atoms with Gasteiger partial charge in [-0.2, -0.15) is 0 Å². The van der Waals surface area contributed by atoms with Crippen LogP contribution in [0.5, 0.6) is 0 Å². The molecule has 0 aliphatic carbocycles. The highest BCUT2D eigenvalue weighted by Gasteiger charge is 2.21. The number of nitrogens with zero attached hydrogens (tertiary/aromatic N) is 2. The zero-order chi connectivity index (χ0) is 30.1. The smallest absolute Gasteiger partial charge is 0.331 e. The van der Waals surface area contributed by atoms with E-state index in [1.54, 1.807) is 23.9 Å². The largest absolute Gasteiger partial charge is 0.348 e. The average molecular weight is 601 g/mol. The Hall–Kier alpha value is -3.94. The van der Waals surface area contributed by atoms with Crippen molar-refractivity contribution in [2.45, 2.75) is 38.5 Å². The Morgan fingerprint density at radius 3 is 2.55 bits per heavy atom. The number of carbonyl (C=O) groups is 3. The van der Waals surface area contributed by atoms with Gasteiger partial charge in [0.1, 0.15) is 5.71 Å². The van der Waals surface area contributed by atoms with Gasteiger partial charge in [0.25, 0.3) is 0 Å². The molecule has 0 amide bonds.